The summed E-state index contributed by atoms with van der Waals surface area (Å²) >= 11 is 0. The number of carbonyl (C=O) groups is 1. The van der Waals surface area contributed by atoms with Crippen LogP contribution in [0.1, 0.15) is 57.4 Å². The van der Waals surface area contributed by atoms with Crippen LogP contribution in [0.25, 0.3) is 0 Å². The molecule has 0 unspecified atom stereocenters. The van der Waals surface area contributed by atoms with Crippen LogP contribution in [0.5, 0.6) is 5.75 Å². The predicted octanol–water partition coefficient (Wildman–Crippen LogP) is 3.99. The van der Waals surface area contributed by atoms with Crippen molar-refractivity contribution in [3.8, 4) is 5.75 Å². The number of ether oxygens (including phenoxy) is 1. The number of hydrogen-bond donors (Lipinski definition) is 1. The zero-order valence-corrected chi connectivity index (χ0v) is 16.2. The second-order valence-corrected chi connectivity index (χ2v) is 7.99. The first-order chi connectivity index (χ1) is 12.7. The van der Waals surface area contributed by atoms with Crippen molar-refractivity contribution in [3.05, 3.63) is 29.8 Å². The Balaban J connectivity index is 1.28. The summed E-state index contributed by atoms with van der Waals surface area (Å²) < 4.78 is 5.82. The molecule has 3 rings (SSSR count). The molecule has 0 atom stereocenters. The van der Waals surface area contributed by atoms with Crippen molar-refractivity contribution in [2.75, 3.05) is 26.2 Å². The van der Waals surface area contributed by atoms with Crippen LogP contribution in [-0.4, -0.2) is 37.0 Å². The maximum Gasteiger partial charge on any atom is 0.225 e. The minimum atomic E-state index is 0.184. The molecule has 1 saturated heterocycles. The third kappa shape index (κ3) is 6.31. The first kappa shape index (κ1) is 19.2. The average Bonchev–Trinajstić information content (AvgIpc) is 3.44. The standard InChI is InChI=1S/C22H34N2O2/c1-2-3-4-5-6-13-26-21-11-9-19(10-12-21)15-24-16-20(17-24)22(25)23-14-18-7-8-18/h9-12,18,20H,2-8,13-17H2,1H3,(H,23,25). The summed E-state index contributed by atoms with van der Waals surface area (Å²) in [4.78, 5) is 14.4. The van der Waals surface area contributed by atoms with Crippen LogP contribution in [0.2, 0.25) is 0 Å². The molecule has 1 aromatic rings. The van der Waals surface area contributed by atoms with Crippen molar-refractivity contribution in [3.63, 3.8) is 0 Å². The molecule has 1 aliphatic carbocycles. The number of nitrogens with zero attached hydrogens (tertiary/aromatic N) is 1. The topological polar surface area (TPSA) is 41.6 Å². The van der Waals surface area contributed by atoms with E-state index in [4.69, 9.17) is 4.74 Å². The van der Waals surface area contributed by atoms with Crippen molar-refractivity contribution in [2.24, 2.45) is 11.8 Å². The van der Waals surface area contributed by atoms with Gasteiger partial charge in [-0.2, -0.15) is 0 Å². The third-order valence-corrected chi connectivity index (χ3v) is 5.44. The molecular weight excluding hydrogens is 324 g/mol. The van der Waals surface area contributed by atoms with Gasteiger partial charge in [-0.25, -0.2) is 0 Å². The average molecular weight is 359 g/mol. The van der Waals surface area contributed by atoms with Gasteiger partial charge in [0, 0.05) is 26.2 Å². The molecule has 0 bridgehead atoms. The highest BCUT2D eigenvalue weighted by Gasteiger charge is 2.33. The number of amides is 1. The molecule has 0 aromatic heterocycles. The highest BCUT2D eigenvalue weighted by atomic mass is 16.5. The van der Waals surface area contributed by atoms with Gasteiger partial charge in [0.05, 0.1) is 12.5 Å². The van der Waals surface area contributed by atoms with Crippen LogP contribution in [0, 0.1) is 11.8 Å². The van der Waals surface area contributed by atoms with E-state index in [1.807, 2.05) is 0 Å². The summed E-state index contributed by atoms with van der Waals surface area (Å²) in [5.74, 6) is 2.15. The van der Waals surface area contributed by atoms with E-state index in [0.29, 0.717) is 0 Å². The third-order valence-electron chi connectivity index (χ3n) is 5.44. The van der Waals surface area contributed by atoms with E-state index in [9.17, 15) is 4.79 Å². The second kappa shape index (κ2) is 9.96. The molecule has 26 heavy (non-hydrogen) atoms. The Morgan fingerprint density at radius 3 is 2.54 bits per heavy atom. The van der Waals surface area contributed by atoms with Gasteiger partial charge in [0.2, 0.25) is 5.91 Å². The lowest BCUT2D eigenvalue weighted by Gasteiger charge is -2.38. The zero-order chi connectivity index (χ0) is 18.2. The Bertz CT molecular complexity index is 548. The SMILES string of the molecule is CCCCCCCOc1ccc(CN2CC(C(=O)NCC3CC3)C2)cc1. The molecule has 1 aromatic carbocycles. The number of likely N-dealkylation sites (tertiary alicyclic amines) is 1. The molecule has 0 radical (unpaired) electrons. The summed E-state index contributed by atoms with van der Waals surface area (Å²) in [5.41, 5.74) is 1.29. The lowest BCUT2D eigenvalue weighted by molar-refractivity contribution is -0.130. The van der Waals surface area contributed by atoms with E-state index >= 15 is 0 Å². The Morgan fingerprint density at radius 2 is 1.85 bits per heavy atom. The van der Waals surface area contributed by atoms with Crippen LogP contribution in [-0.2, 0) is 11.3 Å². The van der Waals surface area contributed by atoms with Crippen LogP contribution in [0.4, 0.5) is 0 Å². The largest absolute Gasteiger partial charge is 0.494 e. The Hall–Kier alpha value is -1.55. The first-order valence-corrected chi connectivity index (χ1v) is 10.5. The Morgan fingerprint density at radius 1 is 1.12 bits per heavy atom. The van der Waals surface area contributed by atoms with Crippen molar-refractivity contribution >= 4 is 5.91 Å². The van der Waals surface area contributed by atoms with Gasteiger partial charge in [0.1, 0.15) is 5.75 Å². The maximum absolute atomic E-state index is 12.0. The molecular formula is C22H34N2O2. The van der Waals surface area contributed by atoms with Crippen LogP contribution in [0.15, 0.2) is 24.3 Å². The van der Waals surface area contributed by atoms with Gasteiger partial charge in [-0.15, -0.1) is 0 Å². The zero-order valence-electron chi connectivity index (χ0n) is 16.2. The first-order valence-electron chi connectivity index (χ1n) is 10.5. The number of rotatable bonds is 12. The molecule has 0 spiro atoms. The van der Waals surface area contributed by atoms with E-state index in [2.05, 4.69) is 41.4 Å². The Kier molecular flexibility index (Phi) is 7.36. The van der Waals surface area contributed by atoms with Gasteiger partial charge in [-0.05, 0) is 42.9 Å². The van der Waals surface area contributed by atoms with Gasteiger partial charge < -0.3 is 10.1 Å². The van der Waals surface area contributed by atoms with Crippen LogP contribution < -0.4 is 10.1 Å². The molecule has 1 N–H and O–H groups in total. The molecule has 1 aliphatic heterocycles. The number of benzene rings is 1. The number of carbonyl (C=O) groups excluding carboxylic acids is 1. The van der Waals surface area contributed by atoms with Gasteiger partial charge in [0.25, 0.3) is 0 Å². The lowest BCUT2D eigenvalue weighted by Crippen LogP contribution is -2.53. The smallest absolute Gasteiger partial charge is 0.225 e. The van der Waals surface area contributed by atoms with Crippen molar-refractivity contribution in [2.45, 2.75) is 58.4 Å². The van der Waals surface area contributed by atoms with Crippen molar-refractivity contribution in [1.82, 2.24) is 10.2 Å². The minimum absolute atomic E-state index is 0.184. The van der Waals surface area contributed by atoms with E-state index in [0.717, 1.165) is 50.9 Å². The van der Waals surface area contributed by atoms with Gasteiger partial charge in [-0.3, -0.25) is 9.69 Å². The van der Waals surface area contributed by atoms with Crippen molar-refractivity contribution in [1.29, 1.82) is 0 Å². The summed E-state index contributed by atoms with van der Waals surface area (Å²) in [6, 6.07) is 8.43. The van der Waals surface area contributed by atoms with E-state index in [1.54, 1.807) is 0 Å². The molecule has 1 amide bonds. The molecule has 1 heterocycles. The second-order valence-electron chi connectivity index (χ2n) is 7.99. The molecule has 144 valence electrons. The Labute approximate surface area is 158 Å². The fraction of sp³-hybridized carbons (Fsp3) is 0.682. The monoisotopic (exact) mass is 358 g/mol. The van der Waals surface area contributed by atoms with E-state index in [-0.39, 0.29) is 11.8 Å². The fourth-order valence-corrected chi connectivity index (χ4v) is 3.42. The number of hydrogen-bond acceptors (Lipinski definition) is 3. The summed E-state index contributed by atoms with van der Waals surface area (Å²) in [7, 11) is 0. The van der Waals surface area contributed by atoms with E-state index in [1.165, 1.54) is 44.1 Å². The highest BCUT2D eigenvalue weighted by Crippen LogP contribution is 2.28. The molecule has 2 fully saturated rings. The summed E-state index contributed by atoms with van der Waals surface area (Å²) in [5, 5.41) is 3.09. The van der Waals surface area contributed by atoms with E-state index < -0.39 is 0 Å². The molecule has 2 aliphatic rings. The number of unbranched alkanes of at least 4 members (excludes halogenated alkanes) is 4. The molecule has 4 nitrogen and oxygen atoms in total. The molecule has 1 saturated carbocycles. The lowest BCUT2D eigenvalue weighted by atomic mass is 9.98. The highest BCUT2D eigenvalue weighted by molar-refractivity contribution is 5.80. The summed E-state index contributed by atoms with van der Waals surface area (Å²) in [6.07, 6.45) is 8.90. The van der Waals surface area contributed by atoms with Crippen molar-refractivity contribution < 1.29 is 9.53 Å². The summed E-state index contributed by atoms with van der Waals surface area (Å²) in [6.45, 7) is 6.62. The van der Waals surface area contributed by atoms with Gasteiger partial charge in [0.15, 0.2) is 0 Å². The quantitative estimate of drug-likeness (QED) is 0.574. The van der Waals surface area contributed by atoms with Gasteiger partial charge in [-0.1, -0.05) is 44.7 Å². The fourth-order valence-electron chi connectivity index (χ4n) is 3.42. The van der Waals surface area contributed by atoms with Crippen LogP contribution >= 0.6 is 0 Å². The maximum atomic E-state index is 12.0. The predicted molar refractivity (Wildman–Crippen MR) is 105 cm³/mol. The molecule has 4 heteroatoms. The number of nitrogens with one attached hydrogen (secondary N) is 1. The minimum Gasteiger partial charge on any atom is -0.494 e. The van der Waals surface area contributed by atoms with Crippen LogP contribution in [0.3, 0.4) is 0 Å². The normalized spacial score (nSPS) is 17.7. The van der Waals surface area contributed by atoms with Gasteiger partial charge >= 0.3 is 0 Å².